The Morgan fingerprint density at radius 3 is 2.43 bits per heavy atom. The summed E-state index contributed by atoms with van der Waals surface area (Å²) in [7, 11) is 1.57. The molecule has 1 aliphatic rings. The fourth-order valence-electron chi connectivity index (χ4n) is 2.52. The lowest BCUT2D eigenvalue weighted by molar-refractivity contribution is -0.123. The molecule has 124 valence electrons. The fraction of sp³-hybridized carbons (Fsp3) is 0.412. The van der Waals surface area contributed by atoms with E-state index in [9.17, 15) is 9.59 Å². The molecule has 1 aromatic rings. The zero-order valence-electron chi connectivity index (χ0n) is 14.0. The Labute approximate surface area is 136 Å². The molecule has 0 bridgehead atoms. The Morgan fingerprint density at radius 2 is 1.91 bits per heavy atom. The van der Waals surface area contributed by atoms with Crippen molar-refractivity contribution in [1.82, 2.24) is 4.90 Å². The number of imide groups is 1. The van der Waals surface area contributed by atoms with Crippen LogP contribution < -0.4 is 9.64 Å². The first-order valence-electron chi connectivity index (χ1n) is 7.74. The second kappa shape index (κ2) is 7.17. The van der Waals surface area contributed by atoms with E-state index >= 15 is 0 Å². The molecule has 1 aliphatic heterocycles. The van der Waals surface area contributed by atoms with Gasteiger partial charge in [0.15, 0.2) is 5.76 Å². The topological polar surface area (TPSA) is 59.1 Å². The zero-order valence-corrected chi connectivity index (χ0v) is 14.0. The highest BCUT2D eigenvalue weighted by atomic mass is 16.6. The van der Waals surface area contributed by atoms with Gasteiger partial charge >= 0.3 is 6.09 Å². The van der Waals surface area contributed by atoms with Gasteiger partial charge in [-0.2, -0.15) is 0 Å². The van der Waals surface area contributed by atoms with E-state index in [2.05, 4.69) is 18.7 Å². The van der Waals surface area contributed by atoms with Crippen LogP contribution in [0.3, 0.4) is 0 Å². The first kappa shape index (κ1) is 16.9. The molecule has 0 saturated carbocycles. The molecule has 6 nitrogen and oxygen atoms in total. The normalized spacial score (nSPS) is 16.0. The van der Waals surface area contributed by atoms with E-state index in [4.69, 9.17) is 9.47 Å². The summed E-state index contributed by atoms with van der Waals surface area (Å²) in [5.41, 5.74) is 1.73. The van der Waals surface area contributed by atoms with Crippen LogP contribution in [-0.4, -0.2) is 43.6 Å². The first-order valence-corrected chi connectivity index (χ1v) is 7.74. The maximum atomic E-state index is 12.1. The van der Waals surface area contributed by atoms with Gasteiger partial charge in [-0.25, -0.2) is 9.69 Å². The second-order valence-electron chi connectivity index (χ2n) is 5.02. The summed E-state index contributed by atoms with van der Waals surface area (Å²) in [6.45, 7) is 7.96. The fourth-order valence-corrected chi connectivity index (χ4v) is 2.52. The number of hydrogen-bond acceptors (Lipinski definition) is 5. The number of anilines is 1. The first-order chi connectivity index (χ1) is 11.0. The van der Waals surface area contributed by atoms with Crippen molar-refractivity contribution < 1.29 is 19.1 Å². The molecule has 1 fully saturated rings. The minimum Gasteiger partial charge on any atom is -0.496 e. The Bertz CT molecular complexity index is 635. The van der Waals surface area contributed by atoms with E-state index < -0.39 is 12.0 Å². The summed E-state index contributed by atoms with van der Waals surface area (Å²) in [4.78, 5) is 26.9. The van der Waals surface area contributed by atoms with Crippen molar-refractivity contribution in [2.24, 2.45) is 0 Å². The number of likely N-dealkylation sites (N-methyl/N-ethyl adjacent to an activating group) is 1. The van der Waals surface area contributed by atoms with E-state index in [0.29, 0.717) is 11.3 Å². The molecule has 0 unspecified atom stereocenters. The van der Waals surface area contributed by atoms with Crippen LogP contribution in [0, 0.1) is 0 Å². The molecule has 1 saturated heterocycles. The van der Waals surface area contributed by atoms with Crippen molar-refractivity contribution in [1.29, 1.82) is 0 Å². The van der Waals surface area contributed by atoms with Crippen molar-refractivity contribution in [3.63, 3.8) is 0 Å². The minimum absolute atomic E-state index is 0.0192. The SMILES string of the molecule is CCN1C(=O)O/C(=C/c2ccc(N(CC)CC)cc2OC)C1=O. The molecule has 0 radical (unpaired) electrons. The third-order valence-electron chi connectivity index (χ3n) is 3.82. The number of ether oxygens (including phenoxy) is 2. The Hall–Kier alpha value is -2.50. The van der Waals surface area contributed by atoms with E-state index in [1.165, 1.54) is 0 Å². The lowest BCUT2D eigenvalue weighted by Crippen LogP contribution is -2.28. The molecule has 0 N–H and O–H groups in total. The van der Waals surface area contributed by atoms with Gasteiger partial charge in [0.2, 0.25) is 0 Å². The maximum Gasteiger partial charge on any atom is 0.422 e. The van der Waals surface area contributed by atoms with Gasteiger partial charge in [0.25, 0.3) is 5.91 Å². The molecule has 1 heterocycles. The van der Waals surface area contributed by atoms with Crippen LogP contribution >= 0.6 is 0 Å². The van der Waals surface area contributed by atoms with Gasteiger partial charge in [-0.15, -0.1) is 0 Å². The monoisotopic (exact) mass is 318 g/mol. The molecular formula is C17H22N2O4. The van der Waals surface area contributed by atoms with Gasteiger partial charge in [0, 0.05) is 37.0 Å². The van der Waals surface area contributed by atoms with Crippen LogP contribution in [0.2, 0.25) is 0 Å². The largest absolute Gasteiger partial charge is 0.496 e. The number of carbonyl (C=O) groups is 2. The second-order valence-corrected chi connectivity index (χ2v) is 5.02. The molecule has 0 aromatic heterocycles. The third kappa shape index (κ3) is 3.31. The van der Waals surface area contributed by atoms with E-state index in [0.717, 1.165) is 23.7 Å². The molecule has 1 aromatic carbocycles. The molecule has 6 heteroatoms. The zero-order chi connectivity index (χ0) is 17.0. The van der Waals surface area contributed by atoms with Crippen LogP contribution in [0.1, 0.15) is 26.3 Å². The maximum absolute atomic E-state index is 12.1. The van der Waals surface area contributed by atoms with Gasteiger partial charge in [-0.1, -0.05) is 0 Å². The summed E-state index contributed by atoms with van der Waals surface area (Å²) in [6, 6.07) is 5.73. The van der Waals surface area contributed by atoms with E-state index in [1.54, 1.807) is 20.1 Å². The quantitative estimate of drug-likeness (QED) is 0.755. The van der Waals surface area contributed by atoms with Gasteiger partial charge in [-0.05, 0) is 39.0 Å². The van der Waals surface area contributed by atoms with Crippen molar-refractivity contribution in [3.8, 4) is 5.75 Å². The Balaban J connectivity index is 2.35. The van der Waals surface area contributed by atoms with Gasteiger partial charge in [0.05, 0.1) is 7.11 Å². The average Bonchev–Trinajstić information content (AvgIpc) is 2.83. The van der Waals surface area contributed by atoms with Gasteiger partial charge < -0.3 is 14.4 Å². The smallest absolute Gasteiger partial charge is 0.422 e. The predicted octanol–water partition coefficient (Wildman–Crippen LogP) is 2.88. The predicted molar refractivity (Wildman–Crippen MR) is 88.4 cm³/mol. The average molecular weight is 318 g/mol. The minimum atomic E-state index is -0.637. The number of cyclic esters (lactones) is 1. The molecule has 2 amide bonds. The van der Waals surface area contributed by atoms with Crippen molar-refractivity contribution in [2.45, 2.75) is 20.8 Å². The molecule has 2 rings (SSSR count). The summed E-state index contributed by atoms with van der Waals surface area (Å²) in [5.74, 6) is 0.221. The van der Waals surface area contributed by atoms with E-state index in [-0.39, 0.29) is 12.3 Å². The number of methoxy groups -OCH3 is 1. The number of carbonyl (C=O) groups excluding carboxylic acids is 2. The highest BCUT2D eigenvalue weighted by Crippen LogP contribution is 2.29. The highest BCUT2D eigenvalue weighted by Gasteiger charge is 2.35. The van der Waals surface area contributed by atoms with Crippen molar-refractivity contribution >= 4 is 23.8 Å². The van der Waals surface area contributed by atoms with Crippen molar-refractivity contribution in [2.75, 3.05) is 31.6 Å². The number of benzene rings is 1. The van der Waals surface area contributed by atoms with Gasteiger partial charge in [-0.3, -0.25) is 4.79 Å². The number of amides is 2. The molecule has 0 spiro atoms. The number of hydrogen-bond donors (Lipinski definition) is 0. The van der Waals surface area contributed by atoms with Crippen LogP contribution in [-0.2, 0) is 9.53 Å². The van der Waals surface area contributed by atoms with Crippen molar-refractivity contribution in [3.05, 3.63) is 29.5 Å². The lowest BCUT2D eigenvalue weighted by atomic mass is 10.1. The highest BCUT2D eigenvalue weighted by molar-refractivity contribution is 6.10. The summed E-state index contributed by atoms with van der Waals surface area (Å²) in [5, 5.41) is 0. The lowest BCUT2D eigenvalue weighted by Gasteiger charge is -2.22. The van der Waals surface area contributed by atoms with Crippen LogP contribution in [0.15, 0.2) is 24.0 Å². The summed E-state index contributed by atoms with van der Waals surface area (Å²) >= 11 is 0. The van der Waals surface area contributed by atoms with Crippen LogP contribution in [0.25, 0.3) is 6.08 Å². The van der Waals surface area contributed by atoms with E-state index in [1.807, 2.05) is 18.2 Å². The number of nitrogens with zero attached hydrogens (tertiary/aromatic N) is 2. The van der Waals surface area contributed by atoms with Crippen LogP contribution in [0.5, 0.6) is 5.75 Å². The standard InChI is InChI=1S/C17H22N2O4/c1-5-18(6-2)13-9-8-12(14(11-13)22-4)10-15-16(20)19(7-3)17(21)23-15/h8-11H,5-7H2,1-4H3/b15-10+. The molecular weight excluding hydrogens is 296 g/mol. The number of rotatable bonds is 6. The Morgan fingerprint density at radius 1 is 1.22 bits per heavy atom. The molecule has 0 atom stereocenters. The van der Waals surface area contributed by atoms with Gasteiger partial charge in [0.1, 0.15) is 5.75 Å². The third-order valence-corrected chi connectivity index (χ3v) is 3.82. The Kier molecular flexibility index (Phi) is 5.26. The summed E-state index contributed by atoms with van der Waals surface area (Å²) in [6.07, 6.45) is 0.906. The summed E-state index contributed by atoms with van der Waals surface area (Å²) < 4.78 is 10.4. The van der Waals surface area contributed by atoms with Crippen LogP contribution in [0.4, 0.5) is 10.5 Å². The molecule has 23 heavy (non-hydrogen) atoms. The molecule has 0 aliphatic carbocycles.